The first kappa shape index (κ1) is 12.1. The van der Waals surface area contributed by atoms with E-state index in [9.17, 15) is 0 Å². The molecule has 3 atom stereocenters. The van der Waals surface area contributed by atoms with Crippen LogP contribution in [0.2, 0.25) is 0 Å². The van der Waals surface area contributed by atoms with E-state index >= 15 is 0 Å². The van der Waals surface area contributed by atoms with Crippen LogP contribution in [0.25, 0.3) is 0 Å². The van der Waals surface area contributed by atoms with E-state index in [1.807, 2.05) is 0 Å². The Labute approximate surface area is 90.5 Å². The monoisotopic (exact) mass is 196 g/mol. The molecule has 0 aliphatic heterocycles. The van der Waals surface area contributed by atoms with Gasteiger partial charge in [-0.1, -0.05) is 53.4 Å². The van der Waals surface area contributed by atoms with E-state index in [2.05, 4.69) is 27.7 Å². The smallest absolute Gasteiger partial charge is 0.0386 e. The largest absolute Gasteiger partial charge is 0.0651 e. The molecule has 84 valence electrons. The molecule has 0 N–H and O–H groups in total. The highest BCUT2D eigenvalue weighted by Crippen LogP contribution is 2.38. The van der Waals surface area contributed by atoms with E-state index in [1.54, 1.807) is 0 Å². The van der Waals surface area contributed by atoms with E-state index in [1.165, 1.54) is 38.5 Å². The maximum absolute atomic E-state index is 2.48. The lowest BCUT2D eigenvalue weighted by molar-refractivity contribution is 0.311. The zero-order valence-electron chi connectivity index (χ0n) is 10.6. The molecule has 1 aliphatic carbocycles. The summed E-state index contributed by atoms with van der Waals surface area (Å²) in [5.74, 6) is 3.98. The second-order valence-electron chi connectivity index (χ2n) is 5.80. The van der Waals surface area contributed by atoms with Crippen molar-refractivity contribution in [2.75, 3.05) is 0 Å². The first-order chi connectivity index (χ1) is 6.63. The second kappa shape index (κ2) is 5.78. The van der Waals surface area contributed by atoms with Crippen molar-refractivity contribution in [3.8, 4) is 0 Å². The van der Waals surface area contributed by atoms with Gasteiger partial charge < -0.3 is 0 Å². The van der Waals surface area contributed by atoms with E-state index in [0.29, 0.717) is 0 Å². The molecule has 1 saturated carbocycles. The SMILES string of the molecule is CCC1CCC(C(C)CCC(C)C)C1. The van der Waals surface area contributed by atoms with E-state index in [4.69, 9.17) is 0 Å². The fourth-order valence-corrected chi connectivity index (χ4v) is 2.83. The Bertz CT molecular complexity index is 148. The van der Waals surface area contributed by atoms with Crippen molar-refractivity contribution in [3.05, 3.63) is 0 Å². The van der Waals surface area contributed by atoms with Gasteiger partial charge in [0.2, 0.25) is 0 Å². The molecule has 1 fully saturated rings. The Morgan fingerprint density at radius 3 is 2.29 bits per heavy atom. The van der Waals surface area contributed by atoms with Crippen molar-refractivity contribution in [1.29, 1.82) is 0 Å². The minimum Gasteiger partial charge on any atom is -0.0651 e. The second-order valence-corrected chi connectivity index (χ2v) is 5.80. The average Bonchev–Trinajstić information content (AvgIpc) is 2.62. The van der Waals surface area contributed by atoms with Crippen LogP contribution in [0, 0.1) is 23.7 Å². The van der Waals surface area contributed by atoms with Gasteiger partial charge in [0.15, 0.2) is 0 Å². The Balaban J connectivity index is 2.21. The van der Waals surface area contributed by atoms with Crippen LogP contribution in [-0.4, -0.2) is 0 Å². The van der Waals surface area contributed by atoms with Crippen molar-refractivity contribution in [3.63, 3.8) is 0 Å². The van der Waals surface area contributed by atoms with E-state index in [-0.39, 0.29) is 0 Å². The Morgan fingerprint density at radius 1 is 1.07 bits per heavy atom. The molecule has 0 heterocycles. The maximum Gasteiger partial charge on any atom is -0.0386 e. The van der Waals surface area contributed by atoms with Gasteiger partial charge in [-0.2, -0.15) is 0 Å². The standard InChI is InChI=1S/C14H28/c1-5-13-8-9-14(10-13)12(4)7-6-11(2)3/h11-14H,5-10H2,1-4H3. The third-order valence-corrected chi connectivity index (χ3v) is 4.16. The molecule has 1 rings (SSSR count). The lowest BCUT2D eigenvalue weighted by Crippen LogP contribution is -2.09. The van der Waals surface area contributed by atoms with E-state index in [0.717, 1.165) is 23.7 Å². The summed E-state index contributed by atoms with van der Waals surface area (Å²) >= 11 is 0. The molecule has 0 aromatic carbocycles. The molecule has 0 heteroatoms. The topological polar surface area (TPSA) is 0 Å². The van der Waals surface area contributed by atoms with Crippen molar-refractivity contribution in [2.24, 2.45) is 23.7 Å². The summed E-state index contributed by atoms with van der Waals surface area (Å²) in [7, 11) is 0. The summed E-state index contributed by atoms with van der Waals surface area (Å²) in [4.78, 5) is 0. The third-order valence-electron chi connectivity index (χ3n) is 4.16. The van der Waals surface area contributed by atoms with Gasteiger partial charge in [0.25, 0.3) is 0 Å². The molecule has 14 heavy (non-hydrogen) atoms. The average molecular weight is 196 g/mol. The molecule has 0 spiro atoms. The summed E-state index contributed by atoms with van der Waals surface area (Å²) in [6.45, 7) is 9.52. The van der Waals surface area contributed by atoms with Gasteiger partial charge in [-0.15, -0.1) is 0 Å². The molecule has 0 aromatic rings. The first-order valence-electron chi connectivity index (χ1n) is 6.63. The van der Waals surface area contributed by atoms with Gasteiger partial charge >= 0.3 is 0 Å². The predicted molar refractivity (Wildman–Crippen MR) is 64.4 cm³/mol. The highest BCUT2D eigenvalue weighted by atomic mass is 14.3. The molecule has 1 aliphatic rings. The minimum absolute atomic E-state index is 0.890. The zero-order chi connectivity index (χ0) is 10.6. The van der Waals surface area contributed by atoms with Crippen LogP contribution in [0.1, 0.15) is 66.2 Å². The van der Waals surface area contributed by atoms with Crippen molar-refractivity contribution >= 4 is 0 Å². The molecule has 0 radical (unpaired) electrons. The third kappa shape index (κ3) is 3.63. The van der Waals surface area contributed by atoms with Crippen LogP contribution >= 0.6 is 0 Å². The van der Waals surface area contributed by atoms with Crippen molar-refractivity contribution in [2.45, 2.75) is 66.2 Å². The van der Waals surface area contributed by atoms with Gasteiger partial charge in [0, 0.05) is 0 Å². The summed E-state index contributed by atoms with van der Waals surface area (Å²) in [6.07, 6.45) is 8.83. The van der Waals surface area contributed by atoms with Crippen LogP contribution < -0.4 is 0 Å². The fourth-order valence-electron chi connectivity index (χ4n) is 2.83. The number of hydrogen-bond acceptors (Lipinski definition) is 0. The highest BCUT2D eigenvalue weighted by molar-refractivity contribution is 4.78. The van der Waals surface area contributed by atoms with Crippen molar-refractivity contribution < 1.29 is 0 Å². The molecule has 0 nitrogen and oxygen atoms in total. The Kier molecular flexibility index (Phi) is 4.98. The summed E-state index contributed by atoms with van der Waals surface area (Å²) in [5, 5.41) is 0. The minimum atomic E-state index is 0.890. The summed E-state index contributed by atoms with van der Waals surface area (Å²) in [5.41, 5.74) is 0. The van der Waals surface area contributed by atoms with Gasteiger partial charge in [0.05, 0.1) is 0 Å². The Hall–Kier alpha value is 0. The highest BCUT2D eigenvalue weighted by Gasteiger charge is 2.27. The van der Waals surface area contributed by atoms with Crippen LogP contribution in [0.4, 0.5) is 0 Å². The normalized spacial score (nSPS) is 29.8. The molecular weight excluding hydrogens is 168 g/mol. The molecule has 0 saturated heterocycles. The number of rotatable bonds is 5. The molecule has 0 amide bonds. The van der Waals surface area contributed by atoms with Crippen LogP contribution in [0.5, 0.6) is 0 Å². The maximum atomic E-state index is 2.48. The Morgan fingerprint density at radius 2 is 1.79 bits per heavy atom. The van der Waals surface area contributed by atoms with Crippen molar-refractivity contribution in [1.82, 2.24) is 0 Å². The first-order valence-corrected chi connectivity index (χ1v) is 6.63. The molecular formula is C14H28. The fraction of sp³-hybridized carbons (Fsp3) is 1.00. The lowest BCUT2D eigenvalue weighted by Gasteiger charge is -2.20. The van der Waals surface area contributed by atoms with Gasteiger partial charge in [0.1, 0.15) is 0 Å². The van der Waals surface area contributed by atoms with Gasteiger partial charge in [-0.05, 0) is 36.5 Å². The van der Waals surface area contributed by atoms with Crippen LogP contribution in [0.15, 0.2) is 0 Å². The molecule has 0 aromatic heterocycles. The predicted octanol–water partition coefficient (Wildman–Crippen LogP) is 4.89. The number of hydrogen-bond donors (Lipinski definition) is 0. The summed E-state index contributed by atoms with van der Waals surface area (Å²) < 4.78 is 0. The quantitative estimate of drug-likeness (QED) is 0.587. The van der Waals surface area contributed by atoms with Gasteiger partial charge in [-0.25, -0.2) is 0 Å². The zero-order valence-corrected chi connectivity index (χ0v) is 10.6. The molecule has 3 unspecified atom stereocenters. The summed E-state index contributed by atoms with van der Waals surface area (Å²) in [6, 6.07) is 0. The molecule has 0 bridgehead atoms. The van der Waals surface area contributed by atoms with Crippen LogP contribution in [0.3, 0.4) is 0 Å². The van der Waals surface area contributed by atoms with Crippen LogP contribution in [-0.2, 0) is 0 Å². The van der Waals surface area contributed by atoms with Gasteiger partial charge in [-0.3, -0.25) is 0 Å². The lowest BCUT2D eigenvalue weighted by atomic mass is 9.86. The van der Waals surface area contributed by atoms with E-state index < -0.39 is 0 Å².